The number of aryl methyl sites for hydroxylation is 2. The van der Waals surface area contributed by atoms with Gasteiger partial charge in [0.05, 0.1) is 21.2 Å². The van der Waals surface area contributed by atoms with Gasteiger partial charge >= 0.3 is 5.97 Å². The Morgan fingerprint density at radius 1 is 1.12 bits per heavy atom. The molecule has 0 saturated heterocycles. The second-order valence-electron chi connectivity index (χ2n) is 8.26. The summed E-state index contributed by atoms with van der Waals surface area (Å²) in [6.45, 7) is 4.15. The van der Waals surface area contributed by atoms with Crippen LogP contribution in [0, 0.1) is 19.8 Å². The zero-order valence-corrected chi connectivity index (χ0v) is 19.9. The second kappa shape index (κ2) is 11.0. The first kappa shape index (κ1) is 24.3. The lowest BCUT2D eigenvalue weighted by Crippen LogP contribution is -2.27. The Labute approximate surface area is 196 Å². The minimum absolute atomic E-state index is 0.0113. The molecule has 6 nitrogen and oxygen atoms in total. The average Bonchev–Trinajstić information content (AvgIpc) is 3.10. The highest BCUT2D eigenvalue weighted by molar-refractivity contribution is 7.18. The number of aliphatic carboxylic acids is 1. The first-order chi connectivity index (χ1) is 15.2. The fourth-order valence-electron chi connectivity index (χ4n) is 3.89. The van der Waals surface area contributed by atoms with Crippen molar-refractivity contribution in [1.29, 1.82) is 0 Å². The summed E-state index contributed by atoms with van der Waals surface area (Å²) < 4.78 is 6.63. The van der Waals surface area contributed by atoms with E-state index < -0.39 is 5.97 Å². The zero-order valence-electron chi connectivity index (χ0n) is 18.3. The van der Waals surface area contributed by atoms with Gasteiger partial charge in [0.2, 0.25) is 0 Å². The fraction of sp³-hybridized carbons (Fsp3) is 0.458. The highest BCUT2D eigenvalue weighted by Crippen LogP contribution is 2.29. The zero-order chi connectivity index (χ0) is 23.3. The smallest absolute Gasteiger partial charge is 0.306 e. The van der Waals surface area contributed by atoms with E-state index in [-0.39, 0.29) is 23.7 Å². The van der Waals surface area contributed by atoms with Crippen LogP contribution in [-0.2, 0) is 4.79 Å². The van der Waals surface area contributed by atoms with Gasteiger partial charge in [0.1, 0.15) is 5.75 Å². The SMILES string of the molecule is Cc1cc(OC2CCC(C(=O)O)CC2)ccc1C(=O)CCCNC(=O)c1cc(C)c(Cl)s1. The molecule has 0 unspecified atom stereocenters. The van der Waals surface area contributed by atoms with E-state index in [2.05, 4.69) is 5.32 Å². The molecule has 1 aliphatic carbocycles. The molecular formula is C24H28ClNO5S. The largest absolute Gasteiger partial charge is 0.490 e. The summed E-state index contributed by atoms with van der Waals surface area (Å²) in [5.41, 5.74) is 2.38. The maximum Gasteiger partial charge on any atom is 0.306 e. The number of ether oxygens (including phenoxy) is 1. The fourth-order valence-corrected chi connectivity index (χ4v) is 5.00. The number of Topliss-reactive ketones (excluding diaryl/α,β-unsaturated/α-hetero) is 1. The number of rotatable bonds is 9. The molecule has 0 radical (unpaired) electrons. The van der Waals surface area contributed by atoms with Crippen LogP contribution in [-0.4, -0.2) is 35.4 Å². The first-order valence-electron chi connectivity index (χ1n) is 10.8. The topological polar surface area (TPSA) is 92.7 Å². The van der Waals surface area contributed by atoms with Crippen LogP contribution in [0.2, 0.25) is 4.34 Å². The molecule has 1 saturated carbocycles. The molecule has 2 N–H and O–H groups in total. The van der Waals surface area contributed by atoms with Gasteiger partial charge < -0.3 is 15.2 Å². The number of nitrogens with one attached hydrogen (secondary N) is 1. The van der Waals surface area contributed by atoms with Gasteiger partial charge in [0.25, 0.3) is 5.91 Å². The standard InChI is InChI=1S/C24H28ClNO5S/c1-14-12-18(31-17-7-5-16(6-8-17)24(29)30)9-10-19(14)20(27)4-3-11-26-23(28)21-13-15(2)22(25)32-21/h9-10,12-13,16-17H,3-8,11H2,1-2H3,(H,26,28)(H,29,30). The Balaban J connectivity index is 1.44. The molecule has 0 aliphatic heterocycles. The summed E-state index contributed by atoms with van der Waals surface area (Å²) in [6.07, 6.45) is 3.60. The Morgan fingerprint density at radius 2 is 1.84 bits per heavy atom. The summed E-state index contributed by atoms with van der Waals surface area (Å²) in [4.78, 5) is 36.4. The normalized spacial score (nSPS) is 18.2. The summed E-state index contributed by atoms with van der Waals surface area (Å²) >= 11 is 7.25. The molecule has 1 amide bonds. The van der Waals surface area contributed by atoms with E-state index in [1.54, 1.807) is 18.2 Å². The number of carboxylic acid groups (broad SMARTS) is 1. The third-order valence-corrected chi connectivity index (χ3v) is 7.33. The number of hydrogen-bond donors (Lipinski definition) is 2. The Morgan fingerprint density at radius 3 is 2.44 bits per heavy atom. The van der Waals surface area contributed by atoms with Gasteiger partial charge in [0, 0.05) is 18.5 Å². The van der Waals surface area contributed by atoms with Crippen molar-refractivity contribution in [2.75, 3.05) is 6.54 Å². The molecule has 1 aromatic heterocycles. The maximum absolute atomic E-state index is 12.6. The number of benzene rings is 1. The Hall–Kier alpha value is -2.38. The number of ketones is 1. The van der Waals surface area contributed by atoms with Crippen molar-refractivity contribution in [3.63, 3.8) is 0 Å². The highest BCUT2D eigenvalue weighted by Gasteiger charge is 2.27. The van der Waals surface area contributed by atoms with Crippen LogP contribution in [0.3, 0.4) is 0 Å². The van der Waals surface area contributed by atoms with Crippen molar-refractivity contribution in [2.24, 2.45) is 5.92 Å². The van der Waals surface area contributed by atoms with E-state index >= 15 is 0 Å². The number of carboxylic acids is 1. The van der Waals surface area contributed by atoms with Gasteiger partial charge in [-0.2, -0.15) is 0 Å². The molecular weight excluding hydrogens is 450 g/mol. The third-order valence-electron chi connectivity index (χ3n) is 5.77. The van der Waals surface area contributed by atoms with E-state index in [4.69, 9.17) is 21.4 Å². The molecule has 3 rings (SSSR count). The van der Waals surface area contributed by atoms with E-state index in [1.165, 1.54) is 11.3 Å². The van der Waals surface area contributed by atoms with E-state index in [1.807, 2.05) is 19.9 Å². The molecule has 1 aliphatic rings. The average molecular weight is 478 g/mol. The number of halogens is 1. The molecule has 2 aromatic rings. The predicted molar refractivity (Wildman–Crippen MR) is 125 cm³/mol. The van der Waals surface area contributed by atoms with Crippen LogP contribution in [0.4, 0.5) is 0 Å². The minimum atomic E-state index is -0.729. The van der Waals surface area contributed by atoms with E-state index in [9.17, 15) is 14.4 Å². The van der Waals surface area contributed by atoms with E-state index in [0.717, 1.165) is 24.0 Å². The van der Waals surface area contributed by atoms with Crippen LogP contribution in [0.15, 0.2) is 24.3 Å². The molecule has 172 valence electrons. The number of thiophene rings is 1. The van der Waals surface area contributed by atoms with Crippen molar-refractivity contribution in [2.45, 2.75) is 58.5 Å². The lowest BCUT2D eigenvalue weighted by molar-refractivity contribution is -0.143. The van der Waals surface area contributed by atoms with Crippen LogP contribution in [0.1, 0.15) is 69.7 Å². The summed E-state index contributed by atoms with van der Waals surface area (Å²) in [5.74, 6) is -0.441. The van der Waals surface area contributed by atoms with E-state index in [0.29, 0.717) is 52.8 Å². The van der Waals surface area contributed by atoms with Gasteiger partial charge in [-0.1, -0.05) is 11.6 Å². The van der Waals surface area contributed by atoms with Crippen molar-refractivity contribution < 1.29 is 24.2 Å². The number of hydrogen-bond acceptors (Lipinski definition) is 5. The third kappa shape index (κ3) is 6.33. The van der Waals surface area contributed by atoms with Gasteiger partial charge in [-0.3, -0.25) is 14.4 Å². The first-order valence-corrected chi connectivity index (χ1v) is 12.0. The maximum atomic E-state index is 12.6. The van der Waals surface area contributed by atoms with Gasteiger partial charge in [0.15, 0.2) is 5.78 Å². The summed E-state index contributed by atoms with van der Waals surface area (Å²) in [7, 11) is 0. The number of carbonyl (C=O) groups excluding carboxylic acids is 2. The van der Waals surface area contributed by atoms with Crippen LogP contribution >= 0.6 is 22.9 Å². The monoisotopic (exact) mass is 477 g/mol. The molecule has 1 heterocycles. The van der Waals surface area contributed by atoms with Gasteiger partial charge in [-0.15, -0.1) is 11.3 Å². The molecule has 0 atom stereocenters. The quantitative estimate of drug-likeness (QED) is 0.371. The lowest BCUT2D eigenvalue weighted by atomic mass is 9.87. The van der Waals surface area contributed by atoms with Crippen LogP contribution < -0.4 is 10.1 Å². The number of carbonyl (C=O) groups is 3. The van der Waals surface area contributed by atoms with Crippen LogP contribution in [0.5, 0.6) is 5.75 Å². The van der Waals surface area contributed by atoms with Crippen molar-refractivity contribution >= 4 is 40.6 Å². The highest BCUT2D eigenvalue weighted by atomic mass is 35.5. The molecule has 1 fully saturated rings. The molecule has 0 spiro atoms. The Kier molecular flexibility index (Phi) is 8.32. The summed E-state index contributed by atoms with van der Waals surface area (Å²) in [5, 5.41) is 11.9. The molecule has 1 aromatic carbocycles. The molecule has 8 heteroatoms. The Bertz CT molecular complexity index is 975. The van der Waals surface area contributed by atoms with Gasteiger partial charge in [-0.25, -0.2) is 0 Å². The minimum Gasteiger partial charge on any atom is -0.490 e. The summed E-state index contributed by atoms with van der Waals surface area (Å²) in [6, 6.07) is 7.21. The van der Waals surface area contributed by atoms with Crippen molar-refractivity contribution in [3.05, 3.63) is 50.2 Å². The second-order valence-corrected chi connectivity index (χ2v) is 9.91. The lowest BCUT2D eigenvalue weighted by Gasteiger charge is -2.27. The van der Waals surface area contributed by atoms with Crippen molar-refractivity contribution in [3.8, 4) is 5.75 Å². The predicted octanol–water partition coefficient (Wildman–Crippen LogP) is 5.43. The van der Waals surface area contributed by atoms with Crippen molar-refractivity contribution in [1.82, 2.24) is 5.32 Å². The molecule has 0 bridgehead atoms. The molecule has 32 heavy (non-hydrogen) atoms. The number of amides is 1. The van der Waals surface area contributed by atoms with Crippen LogP contribution in [0.25, 0.3) is 0 Å². The van der Waals surface area contributed by atoms with Gasteiger partial charge in [-0.05, 0) is 81.3 Å².